The van der Waals surface area contributed by atoms with Crippen LogP contribution in [-0.2, 0) is 17.5 Å². The van der Waals surface area contributed by atoms with E-state index in [1.54, 1.807) is 30.0 Å². The number of halogens is 4. The van der Waals surface area contributed by atoms with Gasteiger partial charge in [0.25, 0.3) is 0 Å². The highest BCUT2D eigenvalue weighted by atomic mass is 19.4. The van der Waals surface area contributed by atoms with E-state index in [2.05, 4.69) is 4.98 Å². The summed E-state index contributed by atoms with van der Waals surface area (Å²) >= 11 is 0. The van der Waals surface area contributed by atoms with Crippen LogP contribution in [0.2, 0.25) is 0 Å². The van der Waals surface area contributed by atoms with Crippen molar-refractivity contribution in [3.05, 3.63) is 87.7 Å². The fourth-order valence-electron chi connectivity index (χ4n) is 5.99. The summed E-state index contributed by atoms with van der Waals surface area (Å²) in [5.74, 6) is 0.210. The molecule has 2 aromatic heterocycles. The minimum atomic E-state index is -4.56. The van der Waals surface area contributed by atoms with E-state index in [9.17, 15) is 22.4 Å². The summed E-state index contributed by atoms with van der Waals surface area (Å²) in [7, 11) is 1.62. The van der Waals surface area contributed by atoms with Crippen LogP contribution in [0.25, 0.3) is 11.0 Å². The van der Waals surface area contributed by atoms with E-state index >= 15 is 0 Å². The standard InChI is InChI=1S/C29H29F4N5O2/c1-18-6-5-9-23(30)25(18)35-13-11-20(15-35)38-24-10-12-34-27(36-16-21(17-36)40-2)26(24)37(28(38)39)14-19-7-3-4-8-22(19)29(31,32)33/h3-10,12,20-21H,11,13-17H2,1-2H3/t20-/m1/s1. The first-order chi connectivity index (χ1) is 19.2. The predicted octanol–water partition coefficient (Wildman–Crippen LogP) is 5.00. The van der Waals surface area contributed by atoms with Crippen LogP contribution >= 0.6 is 0 Å². The van der Waals surface area contributed by atoms with Crippen molar-refractivity contribution < 1.29 is 22.3 Å². The van der Waals surface area contributed by atoms with Crippen molar-refractivity contribution >= 4 is 22.5 Å². The number of pyridine rings is 1. The van der Waals surface area contributed by atoms with Crippen LogP contribution in [0.15, 0.2) is 59.5 Å². The number of aromatic nitrogens is 3. The van der Waals surface area contributed by atoms with Crippen LogP contribution in [0.5, 0.6) is 0 Å². The summed E-state index contributed by atoms with van der Waals surface area (Å²) < 4.78 is 64.9. The topological polar surface area (TPSA) is 55.5 Å². The fourth-order valence-corrected chi connectivity index (χ4v) is 5.99. The van der Waals surface area contributed by atoms with E-state index in [1.165, 1.54) is 28.8 Å². The quantitative estimate of drug-likeness (QED) is 0.314. The Balaban J connectivity index is 1.47. The zero-order chi connectivity index (χ0) is 28.2. The van der Waals surface area contributed by atoms with Gasteiger partial charge in [-0.25, -0.2) is 14.2 Å². The number of hydrogen-bond acceptors (Lipinski definition) is 5. The van der Waals surface area contributed by atoms with Crippen LogP contribution in [0, 0.1) is 12.7 Å². The van der Waals surface area contributed by atoms with Crippen LogP contribution < -0.4 is 15.5 Å². The van der Waals surface area contributed by atoms with Gasteiger partial charge in [0.15, 0.2) is 5.82 Å². The number of fused-ring (bicyclic) bond motifs is 1. The van der Waals surface area contributed by atoms with Gasteiger partial charge in [0.1, 0.15) is 11.3 Å². The number of benzene rings is 2. The Kier molecular flexibility index (Phi) is 6.56. The van der Waals surface area contributed by atoms with E-state index in [4.69, 9.17) is 4.74 Å². The van der Waals surface area contributed by atoms with Crippen molar-refractivity contribution in [3.63, 3.8) is 0 Å². The Morgan fingerprint density at radius 2 is 1.80 bits per heavy atom. The fraction of sp³-hybridized carbons (Fsp3) is 0.379. The first kappa shape index (κ1) is 26.4. The second kappa shape index (κ2) is 9.96. The van der Waals surface area contributed by atoms with Gasteiger partial charge in [-0.05, 0) is 42.7 Å². The van der Waals surface area contributed by atoms with E-state index in [0.29, 0.717) is 55.1 Å². The van der Waals surface area contributed by atoms with Crippen molar-refractivity contribution in [2.75, 3.05) is 43.1 Å². The van der Waals surface area contributed by atoms with E-state index < -0.39 is 17.4 Å². The summed E-state index contributed by atoms with van der Waals surface area (Å²) in [5.41, 5.74) is 1.20. The summed E-state index contributed by atoms with van der Waals surface area (Å²) in [6, 6.07) is 11.7. The molecule has 1 atom stereocenters. The largest absolute Gasteiger partial charge is 0.416 e. The molecule has 4 heterocycles. The zero-order valence-corrected chi connectivity index (χ0v) is 22.2. The molecule has 0 unspecified atom stereocenters. The van der Waals surface area contributed by atoms with Gasteiger partial charge < -0.3 is 14.5 Å². The highest BCUT2D eigenvalue weighted by molar-refractivity contribution is 5.88. The maximum Gasteiger partial charge on any atom is 0.416 e. The van der Waals surface area contributed by atoms with Crippen molar-refractivity contribution in [3.8, 4) is 0 Å². The second-order valence-corrected chi connectivity index (χ2v) is 10.5. The Morgan fingerprint density at radius 1 is 1.02 bits per heavy atom. The minimum Gasteiger partial charge on any atom is -0.378 e. The van der Waals surface area contributed by atoms with Crippen LogP contribution in [0.1, 0.15) is 29.2 Å². The number of hydrogen-bond donors (Lipinski definition) is 0. The van der Waals surface area contributed by atoms with Gasteiger partial charge in [0.2, 0.25) is 0 Å². The Labute approximate surface area is 228 Å². The molecule has 2 fully saturated rings. The molecule has 6 rings (SSSR count). The maximum absolute atomic E-state index is 14.8. The molecule has 7 nitrogen and oxygen atoms in total. The number of nitrogens with zero attached hydrogens (tertiary/aromatic N) is 5. The van der Waals surface area contributed by atoms with Crippen LogP contribution in [0.4, 0.5) is 29.1 Å². The van der Waals surface area contributed by atoms with Crippen molar-refractivity contribution in [1.82, 2.24) is 14.1 Å². The molecule has 0 amide bonds. The summed E-state index contributed by atoms with van der Waals surface area (Å²) in [5, 5.41) is 0. The molecule has 0 radical (unpaired) electrons. The van der Waals surface area contributed by atoms with E-state index in [1.807, 2.05) is 22.8 Å². The molecule has 210 valence electrons. The van der Waals surface area contributed by atoms with Gasteiger partial charge in [-0.2, -0.15) is 13.2 Å². The third-order valence-electron chi connectivity index (χ3n) is 8.02. The van der Waals surface area contributed by atoms with Gasteiger partial charge in [0.05, 0.1) is 35.5 Å². The summed E-state index contributed by atoms with van der Waals surface area (Å²) in [4.78, 5) is 22.6. The molecule has 40 heavy (non-hydrogen) atoms. The summed E-state index contributed by atoms with van der Waals surface area (Å²) in [6.45, 7) is 3.64. The number of anilines is 2. The molecule has 0 spiro atoms. The lowest BCUT2D eigenvalue weighted by atomic mass is 10.1. The molecular weight excluding hydrogens is 526 g/mol. The number of methoxy groups -OCH3 is 1. The lowest BCUT2D eigenvalue weighted by Crippen LogP contribution is -2.52. The molecule has 11 heteroatoms. The Bertz CT molecular complexity index is 1600. The molecule has 0 aliphatic carbocycles. The van der Waals surface area contributed by atoms with Crippen LogP contribution in [-0.4, -0.2) is 53.5 Å². The Morgan fingerprint density at radius 3 is 2.52 bits per heavy atom. The normalized spacial score (nSPS) is 18.1. The minimum absolute atomic E-state index is 0.000592. The zero-order valence-electron chi connectivity index (χ0n) is 22.2. The number of para-hydroxylation sites is 1. The predicted molar refractivity (Wildman–Crippen MR) is 145 cm³/mol. The number of ether oxygens (including phenoxy) is 1. The van der Waals surface area contributed by atoms with Crippen molar-refractivity contribution in [2.24, 2.45) is 0 Å². The van der Waals surface area contributed by atoms with Gasteiger partial charge in [-0.3, -0.25) is 9.13 Å². The lowest BCUT2D eigenvalue weighted by Gasteiger charge is -2.39. The lowest BCUT2D eigenvalue weighted by molar-refractivity contribution is -0.138. The molecule has 2 aliphatic heterocycles. The van der Waals surface area contributed by atoms with Gasteiger partial charge >= 0.3 is 11.9 Å². The second-order valence-electron chi connectivity index (χ2n) is 10.5. The van der Waals surface area contributed by atoms with E-state index in [0.717, 1.165) is 11.6 Å². The molecule has 0 saturated carbocycles. The van der Waals surface area contributed by atoms with Crippen LogP contribution in [0.3, 0.4) is 0 Å². The average Bonchev–Trinajstić information content (AvgIpc) is 3.46. The molecule has 0 bridgehead atoms. The third-order valence-corrected chi connectivity index (χ3v) is 8.02. The number of alkyl halides is 3. The third kappa shape index (κ3) is 4.42. The highest BCUT2D eigenvalue weighted by Crippen LogP contribution is 2.36. The summed E-state index contributed by atoms with van der Waals surface area (Å²) in [6.07, 6.45) is -2.35. The maximum atomic E-state index is 14.8. The molecule has 2 saturated heterocycles. The van der Waals surface area contributed by atoms with Gasteiger partial charge in [0, 0.05) is 39.5 Å². The number of aryl methyl sites for hydroxylation is 1. The van der Waals surface area contributed by atoms with Gasteiger partial charge in [-0.15, -0.1) is 0 Å². The first-order valence-corrected chi connectivity index (χ1v) is 13.2. The monoisotopic (exact) mass is 555 g/mol. The molecule has 2 aliphatic rings. The van der Waals surface area contributed by atoms with Crippen molar-refractivity contribution in [1.29, 1.82) is 0 Å². The molecule has 4 aromatic rings. The smallest absolute Gasteiger partial charge is 0.378 e. The Hall–Kier alpha value is -3.86. The SMILES string of the molecule is COC1CN(c2nccc3c2n(Cc2ccccc2C(F)(F)F)c(=O)n3[C@@H]2CCN(c3c(C)cccc3F)C2)C1. The highest BCUT2D eigenvalue weighted by Gasteiger charge is 2.36. The molecule has 0 N–H and O–H groups in total. The molecule has 2 aromatic carbocycles. The van der Waals surface area contributed by atoms with Gasteiger partial charge in [-0.1, -0.05) is 30.3 Å². The first-order valence-electron chi connectivity index (χ1n) is 13.2. The average molecular weight is 556 g/mol. The number of rotatable bonds is 6. The van der Waals surface area contributed by atoms with Crippen molar-refractivity contribution in [2.45, 2.75) is 38.2 Å². The van der Waals surface area contributed by atoms with E-state index in [-0.39, 0.29) is 30.1 Å². The molecular formula is C29H29F4N5O2. The number of imidazole rings is 1.